The summed E-state index contributed by atoms with van der Waals surface area (Å²) in [6.45, 7) is 7.17. The van der Waals surface area contributed by atoms with E-state index in [4.69, 9.17) is 0 Å². The first-order valence-electron chi connectivity index (χ1n) is 8.61. The minimum atomic E-state index is -0.714. The molecule has 0 spiro atoms. The predicted molar refractivity (Wildman–Crippen MR) is 99.0 cm³/mol. The molecule has 24 heavy (non-hydrogen) atoms. The van der Waals surface area contributed by atoms with Crippen molar-refractivity contribution in [2.24, 2.45) is 5.41 Å². The van der Waals surface area contributed by atoms with E-state index in [0.29, 0.717) is 25.9 Å². The monoisotopic (exact) mass is 325 g/mol. The molecule has 2 aromatic carbocycles. The average Bonchev–Trinajstić information content (AvgIpc) is 2.59. The van der Waals surface area contributed by atoms with E-state index in [1.165, 1.54) is 22.3 Å². The third-order valence-corrected chi connectivity index (χ3v) is 4.98. The predicted octanol–water partition coefficient (Wildman–Crippen LogP) is 4.64. The van der Waals surface area contributed by atoms with Gasteiger partial charge in [-0.25, -0.2) is 0 Å². The van der Waals surface area contributed by atoms with Gasteiger partial charge in [-0.15, -0.1) is 0 Å². The topological polar surface area (TPSA) is 49.3 Å². The fourth-order valence-electron chi connectivity index (χ4n) is 3.07. The van der Waals surface area contributed by atoms with Gasteiger partial charge < -0.3 is 10.4 Å². The Labute approximate surface area is 144 Å². The van der Waals surface area contributed by atoms with Crippen molar-refractivity contribution >= 4 is 5.97 Å². The Morgan fingerprint density at radius 1 is 1.08 bits per heavy atom. The van der Waals surface area contributed by atoms with Crippen molar-refractivity contribution < 1.29 is 9.90 Å². The molecule has 0 unspecified atom stereocenters. The number of rotatable bonds is 8. The van der Waals surface area contributed by atoms with E-state index in [1.54, 1.807) is 0 Å². The van der Waals surface area contributed by atoms with Crippen LogP contribution in [0.4, 0.5) is 0 Å². The van der Waals surface area contributed by atoms with Crippen molar-refractivity contribution in [3.63, 3.8) is 0 Å². The zero-order valence-corrected chi connectivity index (χ0v) is 14.8. The summed E-state index contributed by atoms with van der Waals surface area (Å²) in [5.41, 5.74) is 4.18. The molecular formula is C21H27NO2. The van der Waals surface area contributed by atoms with Gasteiger partial charge in [0.1, 0.15) is 0 Å². The fraction of sp³-hybridized carbons (Fsp3) is 0.381. The number of hydrogen-bond acceptors (Lipinski definition) is 2. The summed E-state index contributed by atoms with van der Waals surface area (Å²) < 4.78 is 0. The highest BCUT2D eigenvalue weighted by atomic mass is 16.4. The van der Waals surface area contributed by atoms with Gasteiger partial charge in [0.15, 0.2) is 0 Å². The molecule has 0 atom stereocenters. The number of aryl methyl sites for hydroxylation is 1. The van der Waals surface area contributed by atoms with Crippen molar-refractivity contribution in [1.29, 1.82) is 0 Å². The van der Waals surface area contributed by atoms with Crippen molar-refractivity contribution in [1.82, 2.24) is 5.32 Å². The van der Waals surface area contributed by atoms with Crippen LogP contribution in [-0.2, 0) is 11.3 Å². The maximum atomic E-state index is 11.6. The molecule has 3 nitrogen and oxygen atoms in total. The number of carbonyl (C=O) groups is 1. The largest absolute Gasteiger partial charge is 0.481 e. The van der Waals surface area contributed by atoms with Crippen molar-refractivity contribution in [3.8, 4) is 11.1 Å². The second kappa shape index (κ2) is 8.11. The van der Waals surface area contributed by atoms with Crippen LogP contribution in [0.3, 0.4) is 0 Å². The first-order chi connectivity index (χ1) is 11.5. The van der Waals surface area contributed by atoms with Gasteiger partial charge in [-0.1, -0.05) is 56.3 Å². The SMILES string of the molecule is CCC(CC)(CNCc1cccc(-c2ccccc2C)c1)C(=O)O. The summed E-state index contributed by atoms with van der Waals surface area (Å²) in [6, 6.07) is 16.8. The van der Waals surface area contributed by atoms with Gasteiger partial charge in [-0.3, -0.25) is 4.79 Å². The maximum absolute atomic E-state index is 11.6. The zero-order chi connectivity index (χ0) is 17.6. The van der Waals surface area contributed by atoms with Crippen LogP contribution in [0.2, 0.25) is 0 Å². The second-order valence-corrected chi connectivity index (χ2v) is 6.41. The zero-order valence-electron chi connectivity index (χ0n) is 14.8. The lowest BCUT2D eigenvalue weighted by atomic mass is 9.82. The second-order valence-electron chi connectivity index (χ2n) is 6.41. The lowest BCUT2D eigenvalue weighted by molar-refractivity contribution is -0.149. The number of carboxylic acids is 1. The molecule has 2 aromatic rings. The highest BCUT2D eigenvalue weighted by molar-refractivity contribution is 5.74. The molecule has 0 aliphatic rings. The molecule has 2 N–H and O–H groups in total. The Kier molecular flexibility index (Phi) is 6.16. The molecule has 0 aliphatic carbocycles. The number of hydrogen-bond donors (Lipinski definition) is 2. The maximum Gasteiger partial charge on any atom is 0.310 e. The Balaban J connectivity index is 2.08. The smallest absolute Gasteiger partial charge is 0.310 e. The Morgan fingerprint density at radius 2 is 1.79 bits per heavy atom. The molecule has 128 valence electrons. The molecule has 0 fully saturated rings. The van der Waals surface area contributed by atoms with E-state index in [1.807, 2.05) is 19.9 Å². The third kappa shape index (κ3) is 4.04. The number of benzene rings is 2. The van der Waals surface area contributed by atoms with Gasteiger partial charge in [0.2, 0.25) is 0 Å². The average molecular weight is 325 g/mol. The number of nitrogens with one attached hydrogen (secondary N) is 1. The standard InChI is InChI=1S/C21H27NO2/c1-4-21(5-2,20(23)24)15-22-14-17-10-8-11-18(13-17)19-12-7-6-9-16(19)3/h6-13,22H,4-5,14-15H2,1-3H3,(H,23,24). The highest BCUT2D eigenvalue weighted by Gasteiger charge is 2.34. The van der Waals surface area contributed by atoms with Crippen LogP contribution in [0.5, 0.6) is 0 Å². The number of carboxylic acid groups (broad SMARTS) is 1. The molecule has 0 aromatic heterocycles. The van der Waals surface area contributed by atoms with E-state index in [-0.39, 0.29) is 0 Å². The van der Waals surface area contributed by atoms with Gasteiger partial charge in [-0.05, 0) is 48.1 Å². The fourth-order valence-corrected chi connectivity index (χ4v) is 3.07. The quantitative estimate of drug-likeness (QED) is 0.743. The first-order valence-corrected chi connectivity index (χ1v) is 8.61. The summed E-state index contributed by atoms with van der Waals surface area (Å²) in [6.07, 6.45) is 1.27. The third-order valence-electron chi connectivity index (χ3n) is 4.98. The summed E-state index contributed by atoms with van der Waals surface area (Å²) >= 11 is 0. The molecule has 0 bridgehead atoms. The van der Waals surface area contributed by atoms with Crippen molar-refractivity contribution in [3.05, 3.63) is 59.7 Å². The Hall–Kier alpha value is -2.13. The number of aliphatic carboxylic acids is 1. The molecule has 0 saturated carbocycles. The summed E-state index contributed by atoms with van der Waals surface area (Å²) in [4.78, 5) is 11.6. The molecule has 0 heterocycles. The molecule has 0 radical (unpaired) electrons. The van der Waals surface area contributed by atoms with Crippen LogP contribution in [-0.4, -0.2) is 17.6 Å². The summed E-state index contributed by atoms with van der Waals surface area (Å²) in [5.74, 6) is -0.714. The van der Waals surface area contributed by atoms with Crippen LogP contribution in [0, 0.1) is 12.3 Å². The van der Waals surface area contributed by atoms with E-state index in [9.17, 15) is 9.90 Å². The summed E-state index contributed by atoms with van der Waals surface area (Å²) in [5, 5.41) is 12.8. The van der Waals surface area contributed by atoms with Crippen molar-refractivity contribution in [2.75, 3.05) is 6.54 Å². The van der Waals surface area contributed by atoms with E-state index in [0.717, 1.165) is 0 Å². The minimum absolute atomic E-state index is 0.490. The van der Waals surface area contributed by atoms with Gasteiger partial charge >= 0.3 is 5.97 Å². The lowest BCUT2D eigenvalue weighted by Gasteiger charge is -2.27. The lowest BCUT2D eigenvalue weighted by Crippen LogP contribution is -2.40. The van der Waals surface area contributed by atoms with Gasteiger partial charge in [0, 0.05) is 13.1 Å². The van der Waals surface area contributed by atoms with Gasteiger partial charge in [-0.2, -0.15) is 0 Å². The molecule has 3 heteroatoms. The molecule has 0 aliphatic heterocycles. The van der Waals surface area contributed by atoms with Crippen LogP contribution in [0.15, 0.2) is 48.5 Å². The molecule has 2 rings (SSSR count). The molecule has 0 saturated heterocycles. The molecular weight excluding hydrogens is 298 g/mol. The Bertz CT molecular complexity index is 690. The minimum Gasteiger partial charge on any atom is -0.481 e. The van der Waals surface area contributed by atoms with E-state index < -0.39 is 11.4 Å². The first kappa shape index (κ1) is 18.2. The van der Waals surface area contributed by atoms with Crippen LogP contribution in [0.1, 0.15) is 37.8 Å². The normalized spacial score (nSPS) is 11.5. The van der Waals surface area contributed by atoms with E-state index >= 15 is 0 Å². The van der Waals surface area contributed by atoms with Gasteiger partial charge in [0.25, 0.3) is 0 Å². The van der Waals surface area contributed by atoms with Crippen LogP contribution in [0.25, 0.3) is 11.1 Å². The van der Waals surface area contributed by atoms with Crippen LogP contribution < -0.4 is 5.32 Å². The Morgan fingerprint density at radius 3 is 2.42 bits per heavy atom. The molecule has 0 amide bonds. The van der Waals surface area contributed by atoms with Crippen LogP contribution >= 0.6 is 0 Å². The van der Waals surface area contributed by atoms with E-state index in [2.05, 4.69) is 54.7 Å². The highest BCUT2D eigenvalue weighted by Crippen LogP contribution is 2.26. The summed E-state index contributed by atoms with van der Waals surface area (Å²) in [7, 11) is 0. The van der Waals surface area contributed by atoms with Gasteiger partial charge in [0.05, 0.1) is 5.41 Å². The van der Waals surface area contributed by atoms with Crippen molar-refractivity contribution in [2.45, 2.75) is 40.2 Å².